The van der Waals surface area contributed by atoms with Crippen molar-refractivity contribution in [1.82, 2.24) is 10.3 Å². The van der Waals surface area contributed by atoms with Crippen molar-refractivity contribution in [1.29, 1.82) is 0 Å². The molecular weight excluding hydrogens is 336 g/mol. The number of aromatic nitrogens is 1. The van der Waals surface area contributed by atoms with E-state index in [9.17, 15) is 13.2 Å². The molecule has 1 heterocycles. The topological polar surface area (TPSA) is 92.2 Å². The molecule has 0 spiro atoms. The molecule has 8 heteroatoms. The quantitative estimate of drug-likeness (QED) is 0.827. The van der Waals surface area contributed by atoms with E-state index in [4.69, 9.17) is 16.6 Å². The Morgan fingerprint density at radius 3 is 2.91 bits per heavy atom. The standard InChI is InChI=1S/C15H18N2O4S2/c1-23(19,20)11-4-2-3-10(8-11)16-14(18)9-5-6-12-13(7-9)21-15(22)17-12/h5-7,10-11H,2-4,8H2,1H3,(H,16,18)(H,17,22)/t10-,11-/m0/s1. The van der Waals surface area contributed by atoms with Crippen molar-refractivity contribution in [3.63, 3.8) is 0 Å². The molecule has 0 unspecified atom stereocenters. The highest BCUT2D eigenvalue weighted by molar-refractivity contribution is 7.91. The van der Waals surface area contributed by atoms with Crippen LogP contribution in [0.4, 0.5) is 0 Å². The third-order valence-corrected chi connectivity index (χ3v) is 6.07. The van der Waals surface area contributed by atoms with Gasteiger partial charge >= 0.3 is 0 Å². The van der Waals surface area contributed by atoms with Gasteiger partial charge in [-0.25, -0.2) is 8.42 Å². The molecule has 1 aromatic heterocycles. The second-order valence-electron chi connectivity index (χ2n) is 6.01. The van der Waals surface area contributed by atoms with Gasteiger partial charge in [0.05, 0.1) is 10.8 Å². The number of sulfone groups is 1. The molecule has 2 N–H and O–H groups in total. The third kappa shape index (κ3) is 3.64. The van der Waals surface area contributed by atoms with Gasteiger partial charge in [0.25, 0.3) is 10.7 Å². The van der Waals surface area contributed by atoms with E-state index in [0.29, 0.717) is 24.0 Å². The average molecular weight is 354 g/mol. The highest BCUT2D eigenvalue weighted by atomic mass is 32.2. The van der Waals surface area contributed by atoms with Crippen LogP contribution in [0, 0.1) is 4.84 Å². The van der Waals surface area contributed by atoms with E-state index in [1.807, 2.05) is 0 Å². The lowest BCUT2D eigenvalue weighted by Gasteiger charge is -2.28. The number of nitrogens with one attached hydrogen (secondary N) is 2. The van der Waals surface area contributed by atoms with Crippen LogP contribution in [-0.4, -0.2) is 36.9 Å². The first kappa shape index (κ1) is 16.2. The largest absolute Gasteiger partial charge is 0.429 e. The minimum atomic E-state index is -3.07. The first-order valence-electron chi connectivity index (χ1n) is 7.45. The summed E-state index contributed by atoms with van der Waals surface area (Å²) in [5, 5.41) is 2.56. The van der Waals surface area contributed by atoms with Crippen molar-refractivity contribution >= 4 is 39.1 Å². The van der Waals surface area contributed by atoms with Gasteiger partial charge in [0.15, 0.2) is 5.58 Å². The summed E-state index contributed by atoms with van der Waals surface area (Å²) in [5.41, 5.74) is 1.73. The Balaban J connectivity index is 1.73. The zero-order valence-corrected chi connectivity index (χ0v) is 14.3. The fourth-order valence-corrected chi connectivity index (χ4v) is 4.40. The Morgan fingerprint density at radius 2 is 2.17 bits per heavy atom. The molecule has 1 aliphatic rings. The molecule has 0 saturated heterocycles. The first-order chi connectivity index (χ1) is 10.8. The van der Waals surface area contributed by atoms with Crippen LogP contribution < -0.4 is 5.32 Å². The van der Waals surface area contributed by atoms with Crippen LogP contribution >= 0.6 is 12.2 Å². The minimum absolute atomic E-state index is 0.121. The second kappa shape index (κ2) is 6.09. The number of hydrogen-bond acceptors (Lipinski definition) is 5. The molecule has 1 aliphatic carbocycles. The highest BCUT2D eigenvalue weighted by Crippen LogP contribution is 2.24. The summed E-state index contributed by atoms with van der Waals surface area (Å²) < 4.78 is 28.7. The van der Waals surface area contributed by atoms with Crippen molar-refractivity contribution < 1.29 is 17.6 Å². The molecule has 1 aromatic carbocycles. The summed E-state index contributed by atoms with van der Waals surface area (Å²) in [5.74, 6) is -0.228. The summed E-state index contributed by atoms with van der Waals surface area (Å²) in [7, 11) is -3.07. The number of hydrogen-bond donors (Lipinski definition) is 2. The van der Waals surface area contributed by atoms with Crippen LogP contribution in [0.2, 0.25) is 0 Å². The van der Waals surface area contributed by atoms with Crippen LogP contribution in [0.3, 0.4) is 0 Å². The van der Waals surface area contributed by atoms with Crippen molar-refractivity contribution in [2.45, 2.75) is 37.0 Å². The molecule has 1 saturated carbocycles. The fraction of sp³-hybridized carbons (Fsp3) is 0.467. The number of rotatable bonds is 3. The van der Waals surface area contributed by atoms with Gasteiger partial charge in [-0.3, -0.25) is 4.79 Å². The van der Waals surface area contributed by atoms with E-state index in [1.165, 1.54) is 6.26 Å². The molecule has 1 amide bonds. The maximum atomic E-state index is 12.4. The Labute approximate surface area is 139 Å². The zero-order valence-electron chi connectivity index (χ0n) is 12.7. The molecule has 2 aromatic rings. The lowest BCUT2D eigenvalue weighted by Crippen LogP contribution is -2.41. The van der Waals surface area contributed by atoms with Crippen LogP contribution in [0.5, 0.6) is 0 Å². The third-order valence-electron chi connectivity index (χ3n) is 4.25. The van der Waals surface area contributed by atoms with Gasteiger partial charge in [0.1, 0.15) is 9.84 Å². The Hall–Kier alpha value is -1.67. The maximum absolute atomic E-state index is 12.4. The number of aromatic amines is 1. The van der Waals surface area contributed by atoms with Crippen LogP contribution in [0.15, 0.2) is 22.6 Å². The summed E-state index contributed by atoms with van der Waals surface area (Å²) in [6, 6.07) is 4.94. The van der Waals surface area contributed by atoms with Crippen LogP contribution in [-0.2, 0) is 9.84 Å². The Bertz CT molecular complexity index is 898. The van der Waals surface area contributed by atoms with E-state index >= 15 is 0 Å². The molecule has 0 aliphatic heterocycles. The molecule has 6 nitrogen and oxygen atoms in total. The van der Waals surface area contributed by atoms with Gasteiger partial charge < -0.3 is 14.7 Å². The molecule has 2 atom stereocenters. The van der Waals surface area contributed by atoms with Crippen molar-refractivity contribution in [3.05, 3.63) is 28.6 Å². The Morgan fingerprint density at radius 1 is 1.39 bits per heavy atom. The van der Waals surface area contributed by atoms with E-state index in [2.05, 4.69) is 10.3 Å². The molecule has 124 valence electrons. The zero-order chi connectivity index (χ0) is 16.6. The number of carbonyl (C=O) groups is 1. The van der Waals surface area contributed by atoms with Crippen molar-refractivity contribution in [2.24, 2.45) is 0 Å². The van der Waals surface area contributed by atoms with E-state index in [1.54, 1.807) is 18.2 Å². The lowest BCUT2D eigenvalue weighted by atomic mass is 9.94. The van der Waals surface area contributed by atoms with Gasteiger partial charge in [-0.15, -0.1) is 0 Å². The highest BCUT2D eigenvalue weighted by Gasteiger charge is 2.29. The van der Waals surface area contributed by atoms with Crippen molar-refractivity contribution in [3.8, 4) is 0 Å². The number of benzene rings is 1. The van der Waals surface area contributed by atoms with E-state index in [-0.39, 0.29) is 22.0 Å². The monoisotopic (exact) mass is 354 g/mol. The van der Waals surface area contributed by atoms with Gasteiger partial charge in [0, 0.05) is 17.9 Å². The van der Waals surface area contributed by atoms with Gasteiger partial charge in [-0.05, 0) is 49.7 Å². The molecule has 3 rings (SSSR count). The number of H-pyrrole nitrogens is 1. The molecule has 23 heavy (non-hydrogen) atoms. The first-order valence-corrected chi connectivity index (χ1v) is 9.82. The maximum Gasteiger partial charge on any atom is 0.266 e. The number of amides is 1. The summed E-state index contributed by atoms with van der Waals surface area (Å²) in [4.78, 5) is 15.5. The second-order valence-corrected chi connectivity index (χ2v) is 8.71. The number of oxazole rings is 1. The van der Waals surface area contributed by atoms with Crippen LogP contribution in [0.1, 0.15) is 36.0 Å². The Kier molecular flexibility index (Phi) is 4.29. The van der Waals surface area contributed by atoms with Gasteiger partial charge in [0.2, 0.25) is 0 Å². The van der Waals surface area contributed by atoms with Gasteiger partial charge in [-0.2, -0.15) is 0 Å². The summed E-state index contributed by atoms with van der Waals surface area (Å²) >= 11 is 4.92. The predicted molar refractivity (Wildman–Crippen MR) is 89.8 cm³/mol. The average Bonchev–Trinajstić information content (AvgIpc) is 2.85. The smallest absolute Gasteiger partial charge is 0.266 e. The van der Waals surface area contributed by atoms with Crippen molar-refractivity contribution in [2.75, 3.05) is 6.26 Å². The normalized spacial score (nSPS) is 22.1. The fourth-order valence-electron chi connectivity index (χ4n) is 3.02. The van der Waals surface area contributed by atoms with E-state index < -0.39 is 9.84 Å². The number of carbonyl (C=O) groups excluding carboxylic acids is 1. The minimum Gasteiger partial charge on any atom is -0.429 e. The molecule has 1 fully saturated rings. The lowest BCUT2D eigenvalue weighted by molar-refractivity contribution is 0.0928. The molecular formula is C15H18N2O4S2. The summed E-state index contributed by atoms with van der Waals surface area (Å²) in [6.07, 6.45) is 3.99. The molecule has 0 radical (unpaired) electrons. The van der Waals surface area contributed by atoms with Gasteiger partial charge in [-0.1, -0.05) is 6.42 Å². The molecule has 0 bridgehead atoms. The SMILES string of the molecule is CS(=O)(=O)[C@H]1CCC[C@H](NC(=O)c2ccc3[nH]c(=S)oc3c2)C1. The predicted octanol–water partition coefficient (Wildman–Crippen LogP) is 2.58. The van der Waals surface area contributed by atoms with E-state index in [0.717, 1.165) is 18.4 Å². The number of fused-ring (bicyclic) bond motifs is 1. The summed E-state index contributed by atoms with van der Waals surface area (Å²) in [6.45, 7) is 0. The van der Waals surface area contributed by atoms with Crippen LogP contribution in [0.25, 0.3) is 11.1 Å².